The third-order valence-electron chi connectivity index (χ3n) is 4.88. The van der Waals surface area contributed by atoms with Gasteiger partial charge in [-0.15, -0.1) is 0 Å². The molecule has 1 atom stereocenters. The van der Waals surface area contributed by atoms with Gasteiger partial charge in [-0.2, -0.15) is 0 Å². The maximum absolute atomic E-state index is 12.8. The van der Waals surface area contributed by atoms with E-state index in [1.165, 1.54) is 11.6 Å². The second-order valence-corrected chi connectivity index (χ2v) is 7.31. The fraction of sp³-hybridized carbons (Fsp3) is 0.192. The van der Waals surface area contributed by atoms with Crippen LogP contribution in [0.2, 0.25) is 0 Å². The highest BCUT2D eigenvalue weighted by Crippen LogP contribution is 2.16. The Balaban J connectivity index is 1.53. The molecule has 0 fully saturated rings. The van der Waals surface area contributed by atoms with E-state index in [2.05, 4.69) is 5.32 Å². The summed E-state index contributed by atoms with van der Waals surface area (Å²) in [6, 6.07) is 25.1. The van der Waals surface area contributed by atoms with Gasteiger partial charge in [0.25, 0.3) is 5.91 Å². The van der Waals surface area contributed by atoms with Crippen LogP contribution in [-0.2, 0) is 16.0 Å². The van der Waals surface area contributed by atoms with Crippen molar-refractivity contribution in [1.29, 1.82) is 0 Å². The standard InChI is InChI=1S/C26H25NO4/c1-19(16-17-20-10-4-2-5-11-20)27-24(28)18-31-26(30)23-15-9-8-14-22(23)25(29)21-12-6-3-7-13-21/h2-15,19H,16-18H2,1H3,(H,27,28)/t19-/m1/s1. The predicted molar refractivity (Wildman–Crippen MR) is 119 cm³/mol. The number of nitrogens with one attached hydrogen (secondary N) is 1. The van der Waals surface area contributed by atoms with E-state index in [1.54, 1.807) is 42.5 Å². The lowest BCUT2D eigenvalue weighted by molar-refractivity contribution is -0.124. The summed E-state index contributed by atoms with van der Waals surface area (Å²) >= 11 is 0. The number of carbonyl (C=O) groups excluding carboxylic acids is 3. The lowest BCUT2D eigenvalue weighted by Crippen LogP contribution is -2.36. The number of hydrogen-bond acceptors (Lipinski definition) is 4. The van der Waals surface area contributed by atoms with Crippen LogP contribution in [0.15, 0.2) is 84.9 Å². The molecular weight excluding hydrogens is 390 g/mol. The van der Waals surface area contributed by atoms with E-state index in [-0.39, 0.29) is 28.9 Å². The summed E-state index contributed by atoms with van der Waals surface area (Å²) in [5.74, 6) is -1.35. The quantitative estimate of drug-likeness (QED) is 0.420. The largest absolute Gasteiger partial charge is 0.452 e. The third-order valence-corrected chi connectivity index (χ3v) is 4.88. The molecule has 1 amide bonds. The van der Waals surface area contributed by atoms with Crippen molar-refractivity contribution in [2.45, 2.75) is 25.8 Å². The summed E-state index contributed by atoms with van der Waals surface area (Å²) in [7, 11) is 0. The zero-order valence-corrected chi connectivity index (χ0v) is 17.4. The molecule has 0 bridgehead atoms. The number of ketones is 1. The molecule has 1 N–H and O–H groups in total. The van der Waals surface area contributed by atoms with E-state index >= 15 is 0 Å². The van der Waals surface area contributed by atoms with Crippen LogP contribution in [0.3, 0.4) is 0 Å². The Hall–Kier alpha value is -3.73. The first-order chi connectivity index (χ1) is 15.0. The molecule has 3 aromatic carbocycles. The number of benzene rings is 3. The number of hydrogen-bond donors (Lipinski definition) is 1. The first kappa shape index (κ1) is 22.0. The van der Waals surface area contributed by atoms with Gasteiger partial charge in [0.15, 0.2) is 12.4 Å². The molecule has 0 unspecified atom stereocenters. The van der Waals surface area contributed by atoms with Gasteiger partial charge in [0.05, 0.1) is 5.56 Å². The molecule has 0 saturated heterocycles. The molecule has 0 radical (unpaired) electrons. The normalized spacial score (nSPS) is 11.4. The van der Waals surface area contributed by atoms with Crippen LogP contribution in [0.5, 0.6) is 0 Å². The molecule has 0 aliphatic carbocycles. The molecule has 0 heterocycles. The highest BCUT2D eigenvalue weighted by Gasteiger charge is 2.20. The number of ether oxygens (including phenoxy) is 1. The lowest BCUT2D eigenvalue weighted by atomic mass is 9.98. The van der Waals surface area contributed by atoms with Crippen molar-refractivity contribution in [2.24, 2.45) is 0 Å². The first-order valence-electron chi connectivity index (χ1n) is 10.2. The smallest absolute Gasteiger partial charge is 0.339 e. The van der Waals surface area contributed by atoms with Crippen molar-refractivity contribution in [3.8, 4) is 0 Å². The van der Waals surface area contributed by atoms with Gasteiger partial charge in [0.1, 0.15) is 0 Å². The van der Waals surface area contributed by atoms with E-state index in [0.717, 1.165) is 12.8 Å². The van der Waals surface area contributed by atoms with Crippen molar-refractivity contribution >= 4 is 17.7 Å². The Morgan fingerprint density at radius 1 is 0.806 bits per heavy atom. The fourth-order valence-electron chi connectivity index (χ4n) is 3.23. The average molecular weight is 415 g/mol. The molecule has 0 aliphatic rings. The molecule has 0 aromatic heterocycles. The maximum atomic E-state index is 12.8. The van der Waals surface area contributed by atoms with Crippen LogP contribution >= 0.6 is 0 Å². The monoisotopic (exact) mass is 415 g/mol. The molecule has 0 spiro atoms. The second kappa shape index (κ2) is 10.9. The topological polar surface area (TPSA) is 72.5 Å². The zero-order valence-electron chi connectivity index (χ0n) is 17.4. The van der Waals surface area contributed by atoms with Gasteiger partial charge in [-0.3, -0.25) is 9.59 Å². The van der Waals surface area contributed by atoms with E-state index < -0.39 is 12.6 Å². The van der Waals surface area contributed by atoms with E-state index in [4.69, 9.17) is 4.74 Å². The van der Waals surface area contributed by atoms with Crippen molar-refractivity contribution < 1.29 is 19.1 Å². The lowest BCUT2D eigenvalue weighted by Gasteiger charge is -2.14. The Bertz CT molecular complexity index is 1030. The molecule has 5 heteroatoms. The average Bonchev–Trinajstić information content (AvgIpc) is 2.82. The summed E-state index contributed by atoms with van der Waals surface area (Å²) < 4.78 is 5.18. The van der Waals surface area contributed by atoms with Crippen LogP contribution in [0, 0.1) is 0 Å². The summed E-state index contributed by atoms with van der Waals surface area (Å²) in [5.41, 5.74) is 2.07. The van der Waals surface area contributed by atoms with Gasteiger partial charge in [-0.25, -0.2) is 4.79 Å². The Morgan fingerprint density at radius 2 is 1.39 bits per heavy atom. The Kier molecular flexibility index (Phi) is 7.71. The van der Waals surface area contributed by atoms with Crippen molar-refractivity contribution in [3.63, 3.8) is 0 Å². The van der Waals surface area contributed by atoms with E-state index in [0.29, 0.717) is 5.56 Å². The molecule has 0 saturated carbocycles. The van der Waals surface area contributed by atoms with Gasteiger partial charge in [0, 0.05) is 17.2 Å². The maximum Gasteiger partial charge on any atom is 0.339 e. The highest BCUT2D eigenvalue weighted by atomic mass is 16.5. The van der Waals surface area contributed by atoms with Crippen molar-refractivity contribution in [3.05, 3.63) is 107 Å². The Labute approximate surface area is 182 Å². The molecule has 3 rings (SSSR count). The summed E-state index contributed by atoms with van der Waals surface area (Å²) in [6.07, 6.45) is 1.62. The van der Waals surface area contributed by atoms with Gasteiger partial charge in [-0.1, -0.05) is 78.9 Å². The third kappa shape index (κ3) is 6.37. The molecule has 0 aliphatic heterocycles. The fourth-order valence-corrected chi connectivity index (χ4v) is 3.23. The SMILES string of the molecule is C[C@H](CCc1ccccc1)NC(=O)COC(=O)c1ccccc1C(=O)c1ccccc1. The number of aryl methyl sites for hydroxylation is 1. The first-order valence-corrected chi connectivity index (χ1v) is 10.2. The summed E-state index contributed by atoms with van der Waals surface area (Å²) in [5, 5.41) is 2.84. The van der Waals surface area contributed by atoms with Gasteiger partial charge in [-0.05, 0) is 31.4 Å². The molecule has 5 nitrogen and oxygen atoms in total. The van der Waals surface area contributed by atoms with Crippen LogP contribution in [0.4, 0.5) is 0 Å². The summed E-state index contributed by atoms with van der Waals surface area (Å²) in [6.45, 7) is 1.51. The highest BCUT2D eigenvalue weighted by molar-refractivity contribution is 6.14. The molecule has 31 heavy (non-hydrogen) atoms. The van der Waals surface area contributed by atoms with Crippen molar-refractivity contribution in [1.82, 2.24) is 5.32 Å². The Morgan fingerprint density at radius 3 is 2.06 bits per heavy atom. The van der Waals surface area contributed by atoms with Gasteiger partial charge in [0.2, 0.25) is 0 Å². The number of amides is 1. The van der Waals surface area contributed by atoms with Crippen LogP contribution in [0.25, 0.3) is 0 Å². The minimum absolute atomic E-state index is 0.0571. The minimum atomic E-state index is -0.702. The van der Waals surface area contributed by atoms with Crippen LogP contribution in [0.1, 0.15) is 45.2 Å². The van der Waals surface area contributed by atoms with E-state index in [1.807, 2.05) is 43.3 Å². The molecule has 3 aromatic rings. The summed E-state index contributed by atoms with van der Waals surface area (Å²) in [4.78, 5) is 37.5. The molecule has 158 valence electrons. The molecular formula is C26H25NO4. The van der Waals surface area contributed by atoms with Gasteiger partial charge >= 0.3 is 5.97 Å². The minimum Gasteiger partial charge on any atom is -0.452 e. The zero-order chi connectivity index (χ0) is 22.1. The van der Waals surface area contributed by atoms with Crippen molar-refractivity contribution in [2.75, 3.05) is 6.61 Å². The number of rotatable bonds is 9. The predicted octanol–water partition coefficient (Wildman–Crippen LogP) is 4.21. The van der Waals surface area contributed by atoms with E-state index in [9.17, 15) is 14.4 Å². The number of carbonyl (C=O) groups is 3. The second-order valence-electron chi connectivity index (χ2n) is 7.31. The van der Waals surface area contributed by atoms with Gasteiger partial charge < -0.3 is 10.1 Å². The van der Waals surface area contributed by atoms with Crippen LogP contribution in [-0.4, -0.2) is 30.3 Å². The van der Waals surface area contributed by atoms with Crippen LogP contribution < -0.4 is 5.32 Å². The number of esters is 1.